The van der Waals surface area contributed by atoms with Crippen LogP contribution in [0.15, 0.2) is 46.6 Å². The monoisotopic (exact) mass is 385 g/mol. The number of aliphatic carboxylic acids is 1. The Labute approximate surface area is 158 Å². The summed E-state index contributed by atoms with van der Waals surface area (Å²) in [5, 5.41) is 15.5. The summed E-state index contributed by atoms with van der Waals surface area (Å²) < 4.78 is 5.19. The maximum absolute atomic E-state index is 12.8. The van der Waals surface area contributed by atoms with E-state index in [-0.39, 0.29) is 11.3 Å². The van der Waals surface area contributed by atoms with Crippen LogP contribution < -0.4 is 5.32 Å². The number of hydrogen-bond donors (Lipinski definition) is 2. The van der Waals surface area contributed by atoms with Crippen molar-refractivity contribution in [1.29, 1.82) is 0 Å². The van der Waals surface area contributed by atoms with E-state index in [0.29, 0.717) is 17.2 Å². The van der Waals surface area contributed by atoms with Crippen molar-refractivity contribution in [3.63, 3.8) is 0 Å². The number of aromatic nitrogens is 1. The van der Waals surface area contributed by atoms with Gasteiger partial charge in [-0.1, -0.05) is 35.5 Å². The Morgan fingerprint density at radius 1 is 1.33 bits per heavy atom. The highest BCUT2D eigenvalue weighted by Gasteiger charge is 2.53. The molecule has 1 aromatic heterocycles. The topological polar surface area (TPSA) is 113 Å². The summed E-state index contributed by atoms with van der Waals surface area (Å²) in [6.07, 6.45) is 1.50. The molecule has 9 heteroatoms. The molecule has 3 heterocycles. The first-order valence-electron chi connectivity index (χ1n) is 8.19. The van der Waals surface area contributed by atoms with E-state index in [9.17, 15) is 19.5 Å². The first-order valence-corrected chi connectivity index (χ1v) is 9.24. The summed E-state index contributed by atoms with van der Waals surface area (Å²) in [4.78, 5) is 37.7. The summed E-state index contributed by atoms with van der Waals surface area (Å²) in [6, 6.07) is 8.34. The molecule has 0 radical (unpaired) electrons. The predicted molar refractivity (Wildman–Crippen MR) is 96.7 cm³/mol. The van der Waals surface area contributed by atoms with Crippen LogP contribution in [0.1, 0.15) is 16.1 Å². The number of amides is 2. The van der Waals surface area contributed by atoms with Crippen molar-refractivity contribution in [2.45, 2.75) is 18.3 Å². The van der Waals surface area contributed by atoms with Gasteiger partial charge in [-0.25, -0.2) is 4.79 Å². The molecule has 4 rings (SSSR count). The minimum atomic E-state index is -1.15. The highest BCUT2D eigenvalue weighted by atomic mass is 32.2. The summed E-state index contributed by atoms with van der Waals surface area (Å²) in [5.74, 6) is -1.26. The van der Waals surface area contributed by atoms with Crippen LogP contribution in [0.25, 0.3) is 11.3 Å². The van der Waals surface area contributed by atoms with E-state index in [1.165, 1.54) is 22.7 Å². The number of carbonyl (C=O) groups is 3. The summed E-state index contributed by atoms with van der Waals surface area (Å²) in [7, 11) is 0. The smallest absolute Gasteiger partial charge is 0.352 e. The molecule has 1 aromatic carbocycles. The number of hydrogen-bond acceptors (Lipinski definition) is 6. The van der Waals surface area contributed by atoms with Crippen molar-refractivity contribution >= 4 is 29.5 Å². The largest absolute Gasteiger partial charge is 0.477 e. The zero-order chi connectivity index (χ0) is 19.1. The van der Waals surface area contributed by atoms with Crippen molar-refractivity contribution in [1.82, 2.24) is 15.4 Å². The predicted octanol–water partition coefficient (Wildman–Crippen LogP) is 1.63. The number of aryl methyl sites for hydroxylation is 1. The molecule has 8 nitrogen and oxygen atoms in total. The number of carboxylic acid groups (broad SMARTS) is 1. The van der Waals surface area contributed by atoms with Crippen LogP contribution >= 0.6 is 11.8 Å². The van der Waals surface area contributed by atoms with Gasteiger partial charge in [0, 0.05) is 11.3 Å². The molecule has 138 valence electrons. The minimum Gasteiger partial charge on any atom is -0.477 e. The number of carboxylic acids is 1. The van der Waals surface area contributed by atoms with Gasteiger partial charge in [0.15, 0.2) is 0 Å². The molecule has 0 aliphatic carbocycles. The zero-order valence-electron chi connectivity index (χ0n) is 14.2. The molecule has 1 unspecified atom stereocenters. The molecule has 2 aromatic rings. The standard InChI is InChI=1S/C18H15N3O5S/c1-9-12(13(20-26-9)10-5-3-2-4-6-10)15(22)19-14-16(23)21-11(18(24)25)7-8-27-17(14)21/h2-7,14,17H,8H2,1H3,(H,19,22)(H,24,25)/t14?,17-/m0/s1. The Balaban J connectivity index is 1.57. The third kappa shape index (κ3) is 2.80. The second-order valence-corrected chi connectivity index (χ2v) is 7.26. The average molecular weight is 385 g/mol. The molecule has 2 aliphatic rings. The fourth-order valence-electron chi connectivity index (χ4n) is 3.18. The number of benzene rings is 1. The van der Waals surface area contributed by atoms with Crippen LogP contribution in [-0.4, -0.2) is 50.1 Å². The molecular formula is C18H15N3O5S. The van der Waals surface area contributed by atoms with Crippen LogP contribution in [-0.2, 0) is 9.59 Å². The van der Waals surface area contributed by atoms with Crippen LogP contribution in [0, 0.1) is 6.92 Å². The van der Waals surface area contributed by atoms with Gasteiger partial charge >= 0.3 is 5.97 Å². The van der Waals surface area contributed by atoms with E-state index in [4.69, 9.17) is 4.52 Å². The van der Waals surface area contributed by atoms with Gasteiger partial charge in [0.05, 0.1) is 0 Å². The minimum absolute atomic E-state index is 0.0413. The number of carbonyl (C=O) groups excluding carboxylic acids is 2. The normalized spacial score (nSPS) is 21.1. The number of nitrogens with zero attached hydrogens (tertiary/aromatic N) is 2. The first kappa shape index (κ1) is 17.3. The molecule has 0 saturated carbocycles. The molecule has 2 atom stereocenters. The Bertz CT molecular complexity index is 969. The van der Waals surface area contributed by atoms with Crippen LogP contribution in [0.3, 0.4) is 0 Å². The highest BCUT2D eigenvalue weighted by Crippen LogP contribution is 2.37. The van der Waals surface area contributed by atoms with E-state index in [0.717, 1.165) is 5.56 Å². The van der Waals surface area contributed by atoms with Crippen LogP contribution in [0.5, 0.6) is 0 Å². The van der Waals surface area contributed by atoms with Gasteiger partial charge in [0.1, 0.15) is 34.1 Å². The summed E-state index contributed by atoms with van der Waals surface area (Å²) in [6.45, 7) is 1.63. The second kappa shape index (κ2) is 6.58. The van der Waals surface area contributed by atoms with Gasteiger partial charge < -0.3 is 14.9 Å². The van der Waals surface area contributed by atoms with Gasteiger partial charge in [0.2, 0.25) is 0 Å². The second-order valence-electron chi connectivity index (χ2n) is 6.11. The molecule has 2 aliphatic heterocycles. The van der Waals surface area contributed by atoms with Gasteiger partial charge in [0.25, 0.3) is 11.8 Å². The van der Waals surface area contributed by atoms with Crippen molar-refractivity contribution in [3.05, 3.63) is 53.4 Å². The number of fused-ring (bicyclic) bond motifs is 1. The Morgan fingerprint density at radius 3 is 2.78 bits per heavy atom. The lowest BCUT2D eigenvalue weighted by atomic mass is 10.0. The van der Waals surface area contributed by atoms with Gasteiger partial charge in [-0.3, -0.25) is 14.5 Å². The molecule has 0 spiro atoms. The van der Waals surface area contributed by atoms with E-state index >= 15 is 0 Å². The molecule has 1 saturated heterocycles. The summed E-state index contributed by atoms with van der Waals surface area (Å²) >= 11 is 1.40. The van der Waals surface area contributed by atoms with Gasteiger partial charge in [-0.2, -0.15) is 0 Å². The molecule has 27 heavy (non-hydrogen) atoms. The molecule has 2 N–H and O–H groups in total. The maximum atomic E-state index is 12.8. The van der Waals surface area contributed by atoms with Crippen molar-refractivity contribution in [2.75, 3.05) is 5.75 Å². The lowest BCUT2D eigenvalue weighted by molar-refractivity contribution is -0.148. The number of nitrogens with one attached hydrogen (secondary N) is 1. The zero-order valence-corrected chi connectivity index (χ0v) is 15.0. The lowest BCUT2D eigenvalue weighted by Crippen LogP contribution is -2.70. The Hall–Kier alpha value is -3.07. The van der Waals surface area contributed by atoms with Crippen LogP contribution in [0.2, 0.25) is 0 Å². The third-order valence-electron chi connectivity index (χ3n) is 4.49. The third-order valence-corrected chi connectivity index (χ3v) is 5.67. The van der Waals surface area contributed by atoms with Crippen LogP contribution in [0.4, 0.5) is 0 Å². The molecule has 0 bridgehead atoms. The Morgan fingerprint density at radius 2 is 2.07 bits per heavy atom. The fraction of sp³-hybridized carbons (Fsp3) is 0.222. The highest BCUT2D eigenvalue weighted by molar-refractivity contribution is 8.00. The fourth-order valence-corrected chi connectivity index (χ4v) is 4.38. The van der Waals surface area contributed by atoms with E-state index < -0.39 is 29.2 Å². The number of rotatable bonds is 4. The van der Waals surface area contributed by atoms with Crippen molar-refractivity contribution < 1.29 is 24.0 Å². The summed E-state index contributed by atoms with van der Waals surface area (Å²) in [5.41, 5.74) is 1.35. The number of thioether (sulfide) groups is 1. The quantitative estimate of drug-likeness (QED) is 0.769. The maximum Gasteiger partial charge on any atom is 0.352 e. The van der Waals surface area contributed by atoms with Gasteiger partial charge in [-0.15, -0.1) is 11.8 Å². The van der Waals surface area contributed by atoms with E-state index in [1.807, 2.05) is 30.3 Å². The van der Waals surface area contributed by atoms with E-state index in [1.54, 1.807) is 6.92 Å². The van der Waals surface area contributed by atoms with Crippen molar-refractivity contribution in [2.24, 2.45) is 0 Å². The SMILES string of the molecule is Cc1onc(-c2ccccc2)c1C(=O)NC1C(=O)N2C(C(=O)O)=CCS[C@@H]12. The molecule has 2 amide bonds. The lowest BCUT2D eigenvalue weighted by Gasteiger charge is -2.48. The number of β-lactam (4-membered cyclic amide) rings is 1. The molecule has 1 fully saturated rings. The Kier molecular flexibility index (Phi) is 4.23. The molecular weight excluding hydrogens is 370 g/mol. The van der Waals surface area contributed by atoms with Gasteiger partial charge in [-0.05, 0) is 13.0 Å². The average Bonchev–Trinajstić information content (AvgIpc) is 3.07. The van der Waals surface area contributed by atoms with E-state index in [2.05, 4.69) is 10.5 Å². The van der Waals surface area contributed by atoms with Crippen molar-refractivity contribution in [3.8, 4) is 11.3 Å². The first-order chi connectivity index (χ1) is 13.0.